The Labute approximate surface area is 378 Å². The van der Waals surface area contributed by atoms with Crippen LogP contribution in [-0.4, -0.2) is 28.2 Å². The zero-order valence-electron chi connectivity index (χ0n) is 41.8. The van der Waals surface area contributed by atoms with Gasteiger partial charge in [0.15, 0.2) is 0 Å². The van der Waals surface area contributed by atoms with E-state index >= 15 is 0 Å². The van der Waals surface area contributed by atoms with Crippen LogP contribution in [0.25, 0.3) is 122 Å². The fraction of sp³-hybridized carbons (Fsp3) is 0. The van der Waals surface area contributed by atoms with E-state index in [9.17, 15) is 5.48 Å². The van der Waals surface area contributed by atoms with Crippen LogP contribution in [-0.2, 0) is 0 Å². The molecule has 0 aliphatic carbocycles. The Morgan fingerprint density at radius 1 is 0.312 bits per heavy atom. The summed E-state index contributed by atoms with van der Waals surface area (Å²) in [5.41, 5.74) is 8.10. The van der Waals surface area contributed by atoms with Gasteiger partial charge in [-0.15, -0.1) is 0 Å². The number of para-hydroxylation sites is 8. The monoisotopic (exact) mass is 824 g/mol. The molecular formula is C58H36N6. The highest BCUT2D eigenvalue weighted by atomic mass is 15.2. The minimum atomic E-state index is -0.532. The Morgan fingerprint density at radius 3 is 1.08 bits per heavy atom. The van der Waals surface area contributed by atoms with Crippen molar-refractivity contribution in [2.75, 3.05) is 0 Å². The lowest BCUT2D eigenvalue weighted by atomic mass is 10.0. The third-order valence-corrected chi connectivity index (χ3v) is 12.7. The highest BCUT2D eigenvalue weighted by Crippen LogP contribution is 2.43. The van der Waals surface area contributed by atoms with E-state index in [1.807, 2.05) is 91.0 Å². The first-order chi connectivity index (χ1) is 35.1. The highest BCUT2D eigenvalue weighted by molar-refractivity contribution is 6.13. The standard InChI is InChI=1S/C58H36N6/c1-9-26-46-37(18-1)38-19-2-10-27-47(38)61(46)54-34-17-35-55(62-48-28-11-3-20-39(48)40-21-4-12-29-49(40)62)57(54)45-36-56(63-50-30-13-5-22-41(50)42-23-6-14-31-51(42)63)60-58(59-45)64-52-32-15-7-24-43(52)44-25-8-16-33-53(44)64/h1-36H/i7D,8D,15D,16D,24D,25D,32D,33D. The maximum Gasteiger partial charge on any atom is 0.237 e. The van der Waals surface area contributed by atoms with Crippen molar-refractivity contribution in [3.05, 3.63) is 218 Å². The molecule has 9 aromatic carbocycles. The van der Waals surface area contributed by atoms with Crippen LogP contribution in [0.3, 0.4) is 0 Å². The van der Waals surface area contributed by atoms with Crippen LogP contribution < -0.4 is 0 Å². The first-order valence-corrected chi connectivity index (χ1v) is 21.1. The molecule has 64 heavy (non-hydrogen) atoms. The smallest absolute Gasteiger partial charge is 0.237 e. The fourth-order valence-corrected chi connectivity index (χ4v) is 10.1. The van der Waals surface area contributed by atoms with E-state index < -0.39 is 48.3 Å². The molecular weight excluding hydrogens is 781 g/mol. The van der Waals surface area contributed by atoms with E-state index in [2.05, 4.69) is 92.6 Å². The van der Waals surface area contributed by atoms with Crippen LogP contribution in [0, 0.1) is 0 Å². The minimum absolute atomic E-state index is 0.0629. The Balaban J connectivity index is 1.22. The Bertz CT molecular complexity index is 4330. The molecule has 0 spiro atoms. The van der Waals surface area contributed by atoms with Crippen molar-refractivity contribution in [2.45, 2.75) is 0 Å². The molecule has 0 bridgehead atoms. The molecule has 6 nitrogen and oxygen atoms in total. The van der Waals surface area contributed by atoms with Crippen molar-refractivity contribution in [1.82, 2.24) is 28.2 Å². The van der Waals surface area contributed by atoms with E-state index in [1.165, 1.54) is 4.57 Å². The largest absolute Gasteiger partial charge is 0.308 e. The van der Waals surface area contributed by atoms with E-state index in [4.69, 9.17) is 15.5 Å². The van der Waals surface area contributed by atoms with Gasteiger partial charge in [-0.3, -0.25) is 9.13 Å². The van der Waals surface area contributed by atoms with E-state index in [1.54, 1.807) is 0 Å². The van der Waals surface area contributed by atoms with Crippen LogP contribution in [0.15, 0.2) is 218 Å². The Kier molecular flexibility index (Phi) is 5.85. The summed E-state index contributed by atoms with van der Waals surface area (Å²) in [4.78, 5) is 10.9. The van der Waals surface area contributed by atoms with Gasteiger partial charge in [-0.05, 0) is 60.6 Å². The molecule has 5 heterocycles. The van der Waals surface area contributed by atoms with Crippen molar-refractivity contribution in [3.8, 4) is 34.4 Å². The maximum atomic E-state index is 9.49. The van der Waals surface area contributed by atoms with Crippen molar-refractivity contribution < 1.29 is 11.0 Å². The van der Waals surface area contributed by atoms with Gasteiger partial charge in [-0.2, -0.15) is 4.98 Å². The first-order valence-electron chi connectivity index (χ1n) is 25.1. The normalized spacial score (nSPS) is 13.8. The second kappa shape index (κ2) is 13.4. The molecule has 0 unspecified atom stereocenters. The van der Waals surface area contributed by atoms with Gasteiger partial charge in [-0.25, -0.2) is 4.98 Å². The summed E-state index contributed by atoms with van der Waals surface area (Å²) in [6.07, 6.45) is 0. The summed E-state index contributed by atoms with van der Waals surface area (Å²) >= 11 is 0. The molecule has 0 fully saturated rings. The molecule has 0 aliphatic heterocycles. The maximum absolute atomic E-state index is 9.49. The van der Waals surface area contributed by atoms with Gasteiger partial charge >= 0.3 is 0 Å². The molecule has 0 atom stereocenters. The third kappa shape index (κ3) is 4.85. The van der Waals surface area contributed by atoms with Crippen LogP contribution in [0.5, 0.6) is 0 Å². The number of fused-ring (bicyclic) bond motifs is 12. The molecule has 0 amide bonds. The van der Waals surface area contributed by atoms with Gasteiger partial charge in [-0.1, -0.05) is 152 Å². The second-order valence-corrected chi connectivity index (χ2v) is 16.0. The zero-order chi connectivity index (χ0) is 48.8. The molecule has 0 radical (unpaired) electrons. The van der Waals surface area contributed by atoms with Gasteiger partial charge in [0, 0.05) is 54.7 Å². The van der Waals surface area contributed by atoms with Gasteiger partial charge in [0.05, 0.1) is 72.2 Å². The van der Waals surface area contributed by atoms with Gasteiger partial charge in [0.1, 0.15) is 5.82 Å². The summed E-state index contributed by atoms with van der Waals surface area (Å²) in [6.45, 7) is 0. The summed E-state index contributed by atoms with van der Waals surface area (Å²) in [5, 5.41) is 6.07. The number of aromatic nitrogens is 6. The van der Waals surface area contributed by atoms with Crippen molar-refractivity contribution in [3.63, 3.8) is 0 Å². The SMILES string of the molecule is [2H]c1c([2H])c([2H])c2c(c1[2H])c1c([2H])c([2H])c([2H])c([2H])c1n2-c1nc(-c2c(-n3c4ccccc4c4ccccc43)cccc2-n2c3ccccc3c3ccccc32)cc(-n2c3ccccc3c3ccccc32)n1. The summed E-state index contributed by atoms with van der Waals surface area (Å²) < 4.78 is 81.0. The molecule has 6 heteroatoms. The molecule has 0 saturated carbocycles. The molecule has 0 saturated heterocycles. The summed E-state index contributed by atoms with van der Waals surface area (Å²) in [6, 6.07) is 53.6. The number of rotatable bonds is 5. The van der Waals surface area contributed by atoms with Crippen molar-refractivity contribution in [1.29, 1.82) is 0 Å². The molecule has 0 N–H and O–H groups in total. The molecule has 0 aliphatic rings. The molecule has 5 aromatic heterocycles. The third-order valence-electron chi connectivity index (χ3n) is 12.7. The number of hydrogen-bond donors (Lipinski definition) is 0. The average Bonchev–Trinajstić information content (AvgIpc) is 4.16. The summed E-state index contributed by atoms with van der Waals surface area (Å²) in [5.74, 6) is 0.346. The van der Waals surface area contributed by atoms with Crippen LogP contribution in [0.2, 0.25) is 0 Å². The molecule has 14 rings (SSSR count). The predicted molar refractivity (Wildman–Crippen MR) is 265 cm³/mol. The van der Waals surface area contributed by atoms with Crippen LogP contribution >= 0.6 is 0 Å². The van der Waals surface area contributed by atoms with Crippen molar-refractivity contribution >= 4 is 87.2 Å². The number of nitrogens with zero attached hydrogens (tertiary/aromatic N) is 6. The zero-order valence-corrected chi connectivity index (χ0v) is 33.8. The lowest BCUT2D eigenvalue weighted by Crippen LogP contribution is -2.10. The van der Waals surface area contributed by atoms with E-state index in [0.29, 0.717) is 17.1 Å². The number of hydrogen-bond acceptors (Lipinski definition) is 2. The second-order valence-electron chi connectivity index (χ2n) is 16.0. The lowest BCUT2D eigenvalue weighted by molar-refractivity contribution is 0.950. The highest BCUT2D eigenvalue weighted by Gasteiger charge is 2.25. The van der Waals surface area contributed by atoms with Crippen LogP contribution in [0.4, 0.5) is 0 Å². The van der Waals surface area contributed by atoms with Crippen molar-refractivity contribution in [2.24, 2.45) is 0 Å². The lowest BCUT2D eigenvalue weighted by Gasteiger charge is -2.21. The Morgan fingerprint density at radius 2 is 0.672 bits per heavy atom. The average molecular weight is 825 g/mol. The summed E-state index contributed by atoms with van der Waals surface area (Å²) in [7, 11) is 0. The van der Waals surface area contributed by atoms with Gasteiger partial charge in [0.25, 0.3) is 0 Å². The van der Waals surface area contributed by atoms with E-state index in [0.717, 1.165) is 76.8 Å². The molecule has 14 aromatic rings. The fourth-order valence-electron chi connectivity index (χ4n) is 10.1. The van der Waals surface area contributed by atoms with Crippen LogP contribution in [0.1, 0.15) is 11.0 Å². The predicted octanol–water partition coefficient (Wildman–Crippen LogP) is 14.5. The van der Waals surface area contributed by atoms with E-state index in [-0.39, 0.29) is 27.8 Å². The quantitative estimate of drug-likeness (QED) is 0.174. The van der Waals surface area contributed by atoms with Gasteiger partial charge in [0.2, 0.25) is 5.95 Å². The number of benzene rings is 9. The first kappa shape index (κ1) is 28.0. The van der Waals surface area contributed by atoms with Gasteiger partial charge < -0.3 is 9.13 Å². The topological polar surface area (TPSA) is 45.5 Å². The Hall–Kier alpha value is -8.74. The minimum Gasteiger partial charge on any atom is -0.308 e. The molecule has 298 valence electrons.